The Morgan fingerprint density at radius 1 is 1.37 bits per heavy atom. The van der Waals surface area contributed by atoms with Gasteiger partial charge < -0.3 is 10.2 Å². The minimum atomic E-state index is -0.461. The third-order valence-electron chi connectivity index (χ3n) is 3.54. The van der Waals surface area contributed by atoms with Crippen molar-refractivity contribution in [2.45, 2.75) is 45.8 Å². The van der Waals surface area contributed by atoms with E-state index < -0.39 is 12.1 Å². The maximum Gasteiger partial charge on any atom is 0.245 e. The molecule has 1 fully saturated rings. The molecular formula is C14H19N3O2. The van der Waals surface area contributed by atoms with Gasteiger partial charge in [-0.25, -0.2) is 0 Å². The number of carbonyl (C=O) groups is 2. The van der Waals surface area contributed by atoms with Crippen LogP contribution in [0.5, 0.6) is 0 Å². The molecule has 1 N–H and O–H groups in total. The van der Waals surface area contributed by atoms with Gasteiger partial charge in [0.05, 0.1) is 12.2 Å². The summed E-state index contributed by atoms with van der Waals surface area (Å²) in [5, 5.41) is 2.67. The largest absolute Gasteiger partial charge is 0.343 e. The molecule has 1 aromatic heterocycles. The number of hydrogen-bond donors (Lipinski definition) is 1. The molecule has 2 unspecified atom stereocenters. The standard InChI is InChI=1S/C14H19N3O2/c1-4-11-6-5-7-15-12(11)8-17-10(3)13(18)16-9(2)14(17)19/h5-7,9-10H,4,8H2,1-3H3,(H,16,18). The molecule has 5 heteroatoms. The molecule has 102 valence electrons. The molecule has 2 heterocycles. The number of nitrogens with zero attached hydrogens (tertiary/aromatic N) is 2. The highest BCUT2D eigenvalue weighted by Crippen LogP contribution is 2.16. The first-order valence-electron chi connectivity index (χ1n) is 6.58. The lowest BCUT2D eigenvalue weighted by atomic mass is 10.1. The van der Waals surface area contributed by atoms with Crippen molar-refractivity contribution < 1.29 is 9.59 Å². The summed E-state index contributed by atoms with van der Waals surface area (Å²) in [7, 11) is 0. The van der Waals surface area contributed by atoms with Crippen molar-refractivity contribution in [2.24, 2.45) is 0 Å². The second-order valence-corrected chi connectivity index (χ2v) is 4.84. The van der Waals surface area contributed by atoms with Crippen LogP contribution in [0.4, 0.5) is 0 Å². The third kappa shape index (κ3) is 2.59. The lowest BCUT2D eigenvalue weighted by molar-refractivity contribution is -0.148. The summed E-state index contributed by atoms with van der Waals surface area (Å²) in [6.07, 6.45) is 2.58. The van der Waals surface area contributed by atoms with Crippen LogP contribution in [0.25, 0.3) is 0 Å². The van der Waals surface area contributed by atoms with E-state index in [9.17, 15) is 9.59 Å². The number of piperazine rings is 1. The van der Waals surface area contributed by atoms with Crippen molar-refractivity contribution in [3.05, 3.63) is 29.6 Å². The molecule has 1 saturated heterocycles. The van der Waals surface area contributed by atoms with E-state index in [1.54, 1.807) is 24.9 Å². The Kier molecular flexibility index (Phi) is 3.83. The summed E-state index contributed by atoms with van der Waals surface area (Å²) in [6.45, 7) is 5.89. The Balaban J connectivity index is 2.25. The van der Waals surface area contributed by atoms with Gasteiger partial charge in [0.1, 0.15) is 12.1 Å². The summed E-state index contributed by atoms with van der Waals surface area (Å²) in [5.74, 6) is -0.166. The lowest BCUT2D eigenvalue weighted by Crippen LogP contribution is -2.61. The minimum absolute atomic E-state index is 0.0557. The van der Waals surface area contributed by atoms with E-state index in [-0.39, 0.29) is 11.8 Å². The zero-order chi connectivity index (χ0) is 14.0. The number of aryl methyl sites for hydroxylation is 1. The van der Waals surface area contributed by atoms with E-state index in [0.717, 1.165) is 17.7 Å². The highest BCUT2D eigenvalue weighted by Gasteiger charge is 2.35. The molecule has 1 aliphatic heterocycles. The van der Waals surface area contributed by atoms with Gasteiger partial charge in [-0.3, -0.25) is 14.6 Å². The van der Waals surface area contributed by atoms with Gasteiger partial charge in [-0.05, 0) is 31.9 Å². The van der Waals surface area contributed by atoms with Crippen LogP contribution in [0.1, 0.15) is 32.0 Å². The van der Waals surface area contributed by atoms with Crippen LogP contribution in [0.3, 0.4) is 0 Å². The van der Waals surface area contributed by atoms with Gasteiger partial charge in [0.2, 0.25) is 11.8 Å². The number of aromatic nitrogens is 1. The molecule has 0 spiro atoms. The van der Waals surface area contributed by atoms with Gasteiger partial charge in [-0.1, -0.05) is 13.0 Å². The molecule has 2 rings (SSSR count). The first-order valence-corrected chi connectivity index (χ1v) is 6.58. The molecule has 0 bridgehead atoms. The fraction of sp³-hybridized carbons (Fsp3) is 0.500. The second-order valence-electron chi connectivity index (χ2n) is 4.84. The molecule has 1 aliphatic rings. The van der Waals surface area contributed by atoms with Crippen LogP contribution >= 0.6 is 0 Å². The zero-order valence-electron chi connectivity index (χ0n) is 11.5. The highest BCUT2D eigenvalue weighted by atomic mass is 16.2. The summed E-state index contributed by atoms with van der Waals surface area (Å²) >= 11 is 0. The van der Waals surface area contributed by atoms with Crippen LogP contribution in [-0.2, 0) is 22.6 Å². The van der Waals surface area contributed by atoms with Gasteiger partial charge in [-0.15, -0.1) is 0 Å². The van der Waals surface area contributed by atoms with Gasteiger partial charge in [0, 0.05) is 6.20 Å². The van der Waals surface area contributed by atoms with Crippen LogP contribution in [-0.4, -0.2) is 33.8 Å². The molecule has 1 aromatic rings. The summed E-state index contributed by atoms with van der Waals surface area (Å²) < 4.78 is 0. The molecule has 2 amide bonds. The van der Waals surface area contributed by atoms with Crippen LogP contribution in [0, 0.1) is 0 Å². The quantitative estimate of drug-likeness (QED) is 0.878. The predicted molar refractivity (Wildman–Crippen MR) is 71.2 cm³/mol. The number of rotatable bonds is 3. The Hall–Kier alpha value is -1.91. The number of amides is 2. The van der Waals surface area contributed by atoms with Gasteiger partial charge in [0.15, 0.2) is 0 Å². The van der Waals surface area contributed by atoms with Crippen LogP contribution in [0.15, 0.2) is 18.3 Å². The maximum atomic E-state index is 12.2. The number of pyridine rings is 1. The van der Waals surface area contributed by atoms with Crippen molar-refractivity contribution >= 4 is 11.8 Å². The van der Waals surface area contributed by atoms with Crippen molar-refractivity contribution in [1.29, 1.82) is 0 Å². The zero-order valence-corrected chi connectivity index (χ0v) is 11.5. The van der Waals surface area contributed by atoms with Crippen LogP contribution < -0.4 is 5.32 Å². The number of hydrogen-bond acceptors (Lipinski definition) is 3. The molecule has 5 nitrogen and oxygen atoms in total. The van der Waals surface area contributed by atoms with Crippen LogP contribution in [0.2, 0.25) is 0 Å². The Morgan fingerprint density at radius 2 is 2.11 bits per heavy atom. The SMILES string of the molecule is CCc1cccnc1CN1C(=O)C(C)NC(=O)C1C. The normalized spacial score (nSPS) is 23.4. The van der Waals surface area contributed by atoms with Gasteiger partial charge >= 0.3 is 0 Å². The van der Waals surface area contributed by atoms with Gasteiger partial charge in [-0.2, -0.15) is 0 Å². The molecule has 0 saturated carbocycles. The predicted octanol–water partition coefficient (Wildman–Crippen LogP) is 0.879. The summed E-state index contributed by atoms with van der Waals surface area (Å²) in [4.78, 5) is 29.9. The van der Waals surface area contributed by atoms with Gasteiger partial charge in [0.25, 0.3) is 0 Å². The fourth-order valence-corrected chi connectivity index (χ4v) is 2.29. The number of carbonyl (C=O) groups excluding carboxylic acids is 2. The minimum Gasteiger partial charge on any atom is -0.343 e. The average molecular weight is 261 g/mol. The lowest BCUT2D eigenvalue weighted by Gasteiger charge is -2.36. The third-order valence-corrected chi connectivity index (χ3v) is 3.54. The van der Waals surface area contributed by atoms with E-state index in [4.69, 9.17) is 0 Å². The Bertz CT molecular complexity index is 501. The fourth-order valence-electron chi connectivity index (χ4n) is 2.29. The van der Waals surface area contributed by atoms with Crippen molar-refractivity contribution in [2.75, 3.05) is 0 Å². The van der Waals surface area contributed by atoms with Crippen molar-refractivity contribution in [3.63, 3.8) is 0 Å². The van der Waals surface area contributed by atoms with E-state index >= 15 is 0 Å². The van der Waals surface area contributed by atoms with E-state index in [1.807, 2.05) is 12.1 Å². The summed E-state index contributed by atoms with van der Waals surface area (Å²) in [5.41, 5.74) is 1.98. The number of nitrogens with one attached hydrogen (secondary N) is 1. The Morgan fingerprint density at radius 3 is 2.79 bits per heavy atom. The maximum absolute atomic E-state index is 12.2. The topological polar surface area (TPSA) is 62.3 Å². The van der Waals surface area contributed by atoms with E-state index in [2.05, 4.69) is 17.2 Å². The first kappa shape index (κ1) is 13.5. The highest BCUT2D eigenvalue weighted by molar-refractivity contribution is 5.96. The molecule has 0 aliphatic carbocycles. The molecule has 0 radical (unpaired) electrons. The first-order chi connectivity index (χ1) is 9.04. The smallest absolute Gasteiger partial charge is 0.245 e. The monoisotopic (exact) mass is 261 g/mol. The van der Waals surface area contributed by atoms with E-state index in [1.165, 1.54) is 0 Å². The molecular weight excluding hydrogens is 242 g/mol. The van der Waals surface area contributed by atoms with Crippen molar-refractivity contribution in [3.8, 4) is 0 Å². The average Bonchev–Trinajstić information content (AvgIpc) is 2.42. The van der Waals surface area contributed by atoms with E-state index in [0.29, 0.717) is 6.54 Å². The Labute approximate surface area is 113 Å². The van der Waals surface area contributed by atoms with Crippen molar-refractivity contribution in [1.82, 2.24) is 15.2 Å². The second kappa shape index (κ2) is 5.38. The molecule has 2 atom stereocenters. The summed E-state index contributed by atoms with van der Waals surface area (Å²) in [6, 6.07) is 2.98. The molecule has 19 heavy (non-hydrogen) atoms. The molecule has 0 aromatic carbocycles.